The van der Waals surface area contributed by atoms with Gasteiger partial charge >= 0.3 is 0 Å². The van der Waals surface area contributed by atoms with Crippen molar-refractivity contribution in [2.24, 2.45) is 7.05 Å². The molecule has 22 heavy (non-hydrogen) atoms. The fraction of sp³-hybridized carbons (Fsp3) is 0.231. The highest BCUT2D eigenvalue weighted by Gasteiger charge is 2.09. The van der Waals surface area contributed by atoms with Crippen LogP contribution in [0.3, 0.4) is 0 Å². The molecule has 7 nitrogen and oxygen atoms in total. The Morgan fingerprint density at radius 2 is 2.00 bits per heavy atom. The van der Waals surface area contributed by atoms with Crippen LogP contribution in [0.1, 0.15) is 0 Å². The van der Waals surface area contributed by atoms with Gasteiger partial charge in [-0.15, -0.1) is 10.2 Å². The van der Waals surface area contributed by atoms with Crippen LogP contribution in [0.5, 0.6) is 0 Å². The molecule has 0 fully saturated rings. The van der Waals surface area contributed by atoms with Crippen molar-refractivity contribution in [3.63, 3.8) is 0 Å². The van der Waals surface area contributed by atoms with Gasteiger partial charge in [-0.1, -0.05) is 11.8 Å². The van der Waals surface area contributed by atoms with Crippen LogP contribution in [-0.4, -0.2) is 38.9 Å². The number of hydrogen-bond acceptors (Lipinski definition) is 5. The first-order valence-corrected chi connectivity index (χ1v) is 7.32. The Labute approximate surface area is 130 Å². The van der Waals surface area contributed by atoms with Gasteiger partial charge in [0, 0.05) is 12.7 Å². The van der Waals surface area contributed by atoms with Crippen LogP contribution in [0.15, 0.2) is 35.7 Å². The zero-order valence-electron chi connectivity index (χ0n) is 11.7. The van der Waals surface area contributed by atoms with Crippen molar-refractivity contribution < 1.29 is 14.0 Å². The Morgan fingerprint density at radius 3 is 2.64 bits per heavy atom. The topological polar surface area (TPSA) is 88.9 Å². The molecule has 0 saturated heterocycles. The highest BCUT2D eigenvalue weighted by molar-refractivity contribution is 7.99. The Kier molecular flexibility index (Phi) is 5.48. The maximum Gasteiger partial charge on any atom is 0.243 e. The molecule has 0 aliphatic rings. The number of nitrogens with zero attached hydrogens (tertiary/aromatic N) is 3. The summed E-state index contributed by atoms with van der Waals surface area (Å²) in [5.74, 6) is -0.922. The van der Waals surface area contributed by atoms with Crippen molar-refractivity contribution in [1.29, 1.82) is 0 Å². The van der Waals surface area contributed by atoms with Crippen LogP contribution in [0.25, 0.3) is 0 Å². The van der Waals surface area contributed by atoms with Gasteiger partial charge in [-0.3, -0.25) is 9.59 Å². The summed E-state index contributed by atoms with van der Waals surface area (Å²) in [6.07, 6.45) is 1.54. The van der Waals surface area contributed by atoms with E-state index in [9.17, 15) is 14.0 Å². The molecule has 116 valence electrons. The maximum atomic E-state index is 12.7. The molecular formula is C13H14FN5O2S. The van der Waals surface area contributed by atoms with Gasteiger partial charge < -0.3 is 15.2 Å². The van der Waals surface area contributed by atoms with E-state index < -0.39 is 0 Å². The number of thioether (sulfide) groups is 1. The van der Waals surface area contributed by atoms with E-state index in [1.807, 2.05) is 0 Å². The SMILES string of the molecule is Cn1cnnc1SCC(=O)NCC(=O)Nc1ccc(F)cc1. The van der Waals surface area contributed by atoms with E-state index in [4.69, 9.17) is 0 Å². The molecular weight excluding hydrogens is 309 g/mol. The molecule has 1 aromatic carbocycles. The third-order valence-corrected chi connectivity index (χ3v) is 3.61. The zero-order chi connectivity index (χ0) is 15.9. The average Bonchev–Trinajstić information content (AvgIpc) is 2.91. The number of anilines is 1. The van der Waals surface area contributed by atoms with E-state index in [1.54, 1.807) is 11.6 Å². The first kappa shape index (κ1) is 16.0. The number of nitrogens with one attached hydrogen (secondary N) is 2. The number of hydrogen-bond donors (Lipinski definition) is 2. The summed E-state index contributed by atoms with van der Waals surface area (Å²) < 4.78 is 14.4. The Hall–Kier alpha value is -2.42. The number of rotatable bonds is 6. The Morgan fingerprint density at radius 1 is 1.27 bits per heavy atom. The molecule has 0 radical (unpaired) electrons. The minimum absolute atomic E-state index is 0.135. The largest absolute Gasteiger partial charge is 0.346 e. The second-order valence-corrected chi connectivity index (χ2v) is 5.29. The summed E-state index contributed by atoms with van der Waals surface area (Å²) in [6.45, 7) is -0.157. The second-order valence-electron chi connectivity index (χ2n) is 4.34. The van der Waals surface area contributed by atoms with E-state index in [2.05, 4.69) is 20.8 Å². The minimum Gasteiger partial charge on any atom is -0.346 e. The van der Waals surface area contributed by atoms with Crippen LogP contribution in [-0.2, 0) is 16.6 Å². The average molecular weight is 323 g/mol. The first-order chi connectivity index (χ1) is 10.5. The van der Waals surface area contributed by atoms with Crippen molar-refractivity contribution in [3.8, 4) is 0 Å². The Bertz CT molecular complexity index is 659. The predicted molar refractivity (Wildman–Crippen MR) is 79.8 cm³/mol. The highest BCUT2D eigenvalue weighted by atomic mass is 32.2. The molecule has 2 aromatic rings. The molecule has 0 atom stereocenters. The Balaban J connectivity index is 1.70. The van der Waals surface area contributed by atoms with E-state index in [-0.39, 0.29) is 29.9 Å². The van der Waals surface area contributed by atoms with Crippen LogP contribution in [0, 0.1) is 5.82 Å². The van der Waals surface area contributed by atoms with Gasteiger partial charge in [0.1, 0.15) is 12.1 Å². The quantitative estimate of drug-likeness (QED) is 0.768. The van der Waals surface area contributed by atoms with Crippen molar-refractivity contribution in [1.82, 2.24) is 20.1 Å². The second kappa shape index (κ2) is 7.55. The molecule has 1 aromatic heterocycles. The van der Waals surface area contributed by atoms with Gasteiger partial charge in [0.2, 0.25) is 11.8 Å². The van der Waals surface area contributed by atoms with Gasteiger partial charge in [-0.25, -0.2) is 4.39 Å². The van der Waals surface area contributed by atoms with Gasteiger partial charge in [0.15, 0.2) is 5.16 Å². The number of aromatic nitrogens is 3. The first-order valence-electron chi connectivity index (χ1n) is 6.33. The molecule has 2 N–H and O–H groups in total. The summed E-state index contributed by atoms with van der Waals surface area (Å²) in [5, 5.41) is 13.2. The summed E-state index contributed by atoms with van der Waals surface area (Å²) >= 11 is 1.22. The zero-order valence-corrected chi connectivity index (χ0v) is 12.6. The van der Waals surface area contributed by atoms with Crippen LogP contribution >= 0.6 is 11.8 Å². The predicted octanol–water partition coefficient (Wildman–Crippen LogP) is 0.801. The summed E-state index contributed by atoms with van der Waals surface area (Å²) in [7, 11) is 1.77. The van der Waals surface area contributed by atoms with E-state index in [0.29, 0.717) is 10.8 Å². The number of amides is 2. The molecule has 0 bridgehead atoms. The summed E-state index contributed by atoms with van der Waals surface area (Å²) in [6, 6.07) is 5.37. The van der Waals surface area contributed by atoms with Crippen molar-refractivity contribution in [2.75, 3.05) is 17.6 Å². The van der Waals surface area contributed by atoms with Crippen molar-refractivity contribution in [3.05, 3.63) is 36.4 Å². The molecule has 2 rings (SSSR count). The van der Waals surface area contributed by atoms with Crippen molar-refractivity contribution in [2.45, 2.75) is 5.16 Å². The van der Waals surface area contributed by atoms with Gasteiger partial charge in [0.05, 0.1) is 12.3 Å². The van der Waals surface area contributed by atoms with Crippen LogP contribution in [0.2, 0.25) is 0 Å². The van der Waals surface area contributed by atoms with E-state index in [0.717, 1.165) is 0 Å². The third-order valence-electron chi connectivity index (χ3n) is 2.58. The number of benzene rings is 1. The maximum absolute atomic E-state index is 12.7. The normalized spacial score (nSPS) is 10.3. The lowest BCUT2D eigenvalue weighted by Gasteiger charge is -2.06. The standard InChI is InChI=1S/C13H14FN5O2S/c1-19-8-16-18-13(19)22-7-12(21)15-6-11(20)17-10-4-2-9(14)3-5-10/h2-5,8H,6-7H2,1H3,(H,15,21)(H,17,20). The monoisotopic (exact) mass is 323 g/mol. The van der Waals surface area contributed by atoms with Gasteiger partial charge in [-0.05, 0) is 24.3 Å². The molecule has 9 heteroatoms. The van der Waals surface area contributed by atoms with Gasteiger partial charge in [-0.2, -0.15) is 0 Å². The van der Waals surface area contributed by atoms with E-state index in [1.165, 1.54) is 42.4 Å². The fourth-order valence-electron chi connectivity index (χ4n) is 1.50. The number of carbonyl (C=O) groups excluding carboxylic acids is 2. The minimum atomic E-state index is -0.386. The van der Waals surface area contributed by atoms with Crippen molar-refractivity contribution >= 4 is 29.3 Å². The molecule has 0 aliphatic carbocycles. The molecule has 0 unspecified atom stereocenters. The van der Waals surface area contributed by atoms with E-state index >= 15 is 0 Å². The van der Waals surface area contributed by atoms with Crippen LogP contribution < -0.4 is 10.6 Å². The van der Waals surface area contributed by atoms with Gasteiger partial charge in [0.25, 0.3) is 0 Å². The smallest absolute Gasteiger partial charge is 0.243 e. The number of carbonyl (C=O) groups is 2. The number of halogens is 1. The molecule has 0 saturated carbocycles. The molecule has 0 spiro atoms. The third kappa shape index (κ3) is 4.85. The lowest BCUT2D eigenvalue weighted by Crippen LogP contribution is -2.33. The molecule has 0 aliphatic heterocycles. The summed E-state index contributed by atoms with van der Waals surface area (Å²) in [4.78, 5) is 23.3. The number of aryl methyl sites for hydroxylation is 1. The summed E-state index contributed by atoms with van der Waals surface area (Å²) in [5.41, 5.74) is 0.467. The molecule has 2 amide bonds. The molecule has 1 heterocycles. The highest BCUT2D eigenvalue weighted by Crippen LogP contribution is 2.12. The lowest BCUT2D eigenvalue weighted by atomic mass is 10.3. The van der Waals surface area contributed by atoms with Crippen LogP contribution in [0.4, 0.5) is 10.1 Å². The fourth-order valence-corrected chi connectivity index (χ4v) is 2.22. The lowest BCUT2D eigenvalue weighted by molar-refractivity contribution is -0.122.